The summed E-state index contributed by atoms with van der Waals surface area (Å²) in [6.45, 7) is 2.01. The maximum atomic E-state index is 13.1. The number of methoxy groups -OCH3 is 1. The van der Waals surface area contributed by atoms with Crippen LogP contribution < -0.4 is 10.5 Å². The second-order valence-electron chi connectivity index (χ2n) is 4.63. The van der Waals surface area contributed by atoms with Gasteiger partial charge in [0.15, 0.2) is 0 Å². The molecule has 0 aliphatic rings. The zero-order chi connectivity index (χ0) is 15.4. The molecular formula is C16H16FNO3. The highest BCUT2D eigenvalue weighted by Gasteiger charge is 2.11. The highest BCUT2D eigenvalue weighted by molar-refractivity contribution is 5.90. The summed E-state index contributed by atoms with van der Waals surface area (Å²) in [6.07, 6.45) is 0. The number of esters is 1. The molecule has 0 saturated heterocycles. The van der Waals surface area contributed by atoms with Gasteiger partial charge in [-0.15, -0.1) is 0 Å². The summed E-state index contributed by atoms with van der Waals surface area (Å²) in [4.78, 5) is 11.9. The minimum Gasteiger partial charge on any atom is -0.496 e. The summed E-state index contributed by atoms with van der Waals surface area (Å²) >= 11 is 0. The first kappa shape index (κ1) is 14.8. The molecule has 0 bridgehead atoms. The van der Waals surface area contributed by atoms with Crippen LogP contribution in [0.25, 0.3) is 0 Å². The van der Waals surface area contributed by atoms with E-state index in [1.165, 1.54) is 12.1 Å². The summed E-state index contributed by atoms with van der Waals surface area (Å²) in [7, 11) is 1.55. The number of nitrogen functional groups attached to an aromatic ring is 1. The molecule has 21 heavy (non-hydrogen) atoms. The number of carbonyl (C=O) groups excluding carboxylic acids is 1. The van der Waals surface area contributed by atoms with Crippen molar-refractivity contribution in [1.82, 2.24) is 0 Å². The summed E-state index contributed by atoms with van der Waals surface area (Å²) < 4.78 is 23.5. The molecular weight excluding hydrogens is 273 g/mol. The summed E-state index contributed by atoms with van der Waals surface area (Å²) in [5, 5.41) is 0. The van der Waals surface area contributed by atoms with Gasteiger partial charge >= 0.3 is 5.97 Å². The van der Waals surface area contributed by atoms with E-state index in [4.69, 9.17) is 15.2 Å². The third-order valence-corrected chi connectivity index (χ3v) is 3.03. The highest BCUT2D eigenvalue weighted by Crippen LogP contribution is 2.21. The number of hydrogen-bond acceptors (Lipinski definition) is 4. The van der Waals surface area contributed by atoms with Crippen molar-refractivity contribution in [3.8, 4) is 5.75 Å². The first-order valence-corrected chi connectivity index (χ1v) is 6.37. The number of ether oxygens (including phenoxy) is 2. The molecule has 0 atom stereocenters. The quantitative estimate of drug-likeness (QED) is 0.694. The van der Waals surface area contributed by atoms with E-state index in [-0.39, 0.29) is 17.9 Å². The van der Waals surface area contributed by atoms with Gasteiger partial charge in [-0.3, -0.25) is 0 Å². The fourth-order valence-corrected chi connectivity index (χ4v) is 1.92. The van der Waals surface area contributed by atoms with E-state index in [2.05, 4.69) is 0 Å². The molecule has 5 heteroatoms. The van der Waals surface area contributed by atoms with Gasteiger partial charge in [-0.25, -0.2) is 9.18 Å². The Kier molecular flexibility index (Phi) is 4.42. The molecule has 2 aromatic carbocycles. The van der Waals surface area contributed by atoms with E-state index in [1.807, 2.05) is 25.1 Å². The Morgan fingerprint density at radius 1 is 1.24 bits per heavy atom. The van der Waals surface area contributed by atoms with E-state index in [0.29, 0.717) is 5.75 Å². The Morgan fingerprint density at radius 2 is 2.00 bits per heavy atom. The summed E-state index contributed by atoms with van der Waals surface area (Å²) in [5.74, 6) is -0.482. The van der Waals surface area contributed by atoms with Gasteiger partial charge in [0.1, 0.15) is 18.2 Å². The van der Waals surface area contributed by atoms with E-state index in [1.54, 1.807) is 7.11 Å². The second kappa shape index (κ2) is 6.26. The minimum absolute atomic E-state index is 0.0704. The number of benzene rings is 2. The van der Waals surface area contributed by atoms with Crippen LogP contribution in [-0.2, 0) is 11.3 Å². The zero-order valence-corrected chi connectivity index (χ0v) is 11.9. The molecule has 0 fully saturated rings. The van der Waals surface area contributed by atoms with Crippen LogP contribution in [0, 0.1) is 12.7 Å². The van der Waals surface area contributed by atoms with Gasteiger partial charge in [0.05, 0.1) is 18.4 Å². The number of aryl methyl sites for hydroxylation is 1. The van der Waals surface area contributed by atoms with E-state index in [0.717, 1.165) is 17.2 Å². The van der Waals surface area contributed by atoms with E-state index >= 15 is 0 Å². The Hall–Kier alpha value is -2.56. The molecule has 4 nitrogen and oxygen atoms in total. The molecule has 0 heterocycles. The number of carbonyl (C=O) groups is 1. The Balaban J connectivity index is 2.10. The van der Waals surface area contributed by atoms with Crippen LogP contribution in [0.15, 0.2) is 36.4 Å². The topological polar surface area (TPSA) is 61.5 Å². The maximum absolute atomic E-state index is 13.1. The lowest BCUT2D eigenvalue weighted by Gasteiger charge is -2.10. The molecule has 0 aliphatic heterocycles. The first-order valence-electron chi connectivity index (χ1n) is 6.37. The normalized spacial score (nSPS) is 10.2. The molecule has 0 radical (unpaired) electrons. The average Bonchev–Trinajstić information content (AvgIpc) is 2.47. The van der Waals surface area contributed by atoms with Crippen molar-refractivity contribution in [2.45, 2.75) is 13.5 Å². The van der Waals surface area contributed by atoms with Gasteiger partial charge < -0.3 is 15.2 Å². The Morgan fingerprint density at radius 3 is 2.67 bits per heavy atom. The van der Waals surface area contributed by atoms with Crippen LogP contribution in [0.4, 0.5) is 10.1 Å². The molecule has 0 aliphatic carbocycles. The van der Waals surface area contributed by atoms with Gasteiger partial charge in [0.2, 0.25) is 0 Å². The van der Waals surface area contributed by atoms with Crippen molar-refractivity contribution < 1.29 is 18.7 Å². The monoisotopic (exact) mass is 289 g/mol. The lowest BCUT2D eigenvalue weighted by atomic mass is 10.1. The summed E-state index contributed by atoms with van der Waals surface area (Å²) in [6, 6.07) is 9.33. The van der Waals surface area contributed by atoms with Crippen molar-refractivity contribution in [3.63, 3.8) is 0 Å². The lowest BCUT2D eigenvalue weighted by molar-refractivity contribution is 0.0470. The predicted octanol–water partition coefficient (Wildman–Crippen LogP) is 3.08. The van der Waals surface area contributed by atoms with Crippen LogP contribution in [0.2, 0.25) is 0 Å². The Bertz CT molecular complexity index is 671. The minimum atomic E-state index is -0.565. The van der Waals surface area contributed by atoms with Gasteiger partial charge in [-0.05, 0) is 37.3 Å². The van der Waals surface area contributed by atoms with Crippen molar-refractivity contribution >= 4 is 11.7 Å². The van der Waals surface area contributed by atoms with E-state index in [9.17, 15) is 9.18 Å². The van der Waals surface area contributed by atoms with Crippen molar-refractivity contribution in [2.75, 3.05) is 12.8 Å². The number of nitrogens with two attached hydrogens (primary N) is 1. The second-order valence-corrected chi connectivity index (χ2v) is 4.63. The van der Waals surface area contributed by atoms with Crippen LogP contribution in [-0.4, -0.2) is 13.1 Å². The first-order chi connectivity index (χ1) is 10.0. The zero-order valence-electron chi connectivity index (χ0n) is 11.9. The van der Waals surface area contributed by atoms with E-state index < -0.39 is 11.8 Å². The largest absolute Gasteiger partial charge is 0.496 e. The number of halogens is 1. The van der Waals surface area contributed by atoms with Crippen LogP contribution >= 0.6 is 0 Å². The predicted molar refractivity (Wildman–Crippen MR) is 77.7 cm³/mol. The summed E-state index contributed by atoms with van der Waals surface area (Å²) in [5.41, 5.74) is 7.35. The standard InChI is InChI=1S/C16H16FNO3/c1-10-3-6-15(20-2)12(7-10)9-21-16(19)11-4-5-13(17)14(18)8-11/h3-8H,9,18H2,1-2H3. The lowest BCUT2D eigenvalue weighted by Crippen LogP contribution is -2.07. The molecule has 2 aromatic rings. The van der Waals surface area contributed by atoms with Crippen LogP contribution in [0.5, 0.6) is 5.75 Å². The third-order valence-electron chi connectivity index (χ3n) is 3.03. The number of hydrogen-bond donors (Lipinski definition) is 1. The average molecular weight is 289 g/mol. The molecule has 2 rings (SSSR count). The fourth-order valence-electron chi connectivity index (χ4n) is 1.92. The van der Waals surface area contributed by atoms with Crippen molar-refractivity contribution in [3.05, 3.63) is 58.9 Å². The maximum Gasteiger partial charge on any atom is 0.338 e. The number of rotatable bonds is 4. The fraction of sp³-hybridized carbons (Fsp3) is 0.188. The number of anilines is 1. The Labute approximate surface area is 122 Å². The van der Waals surface area contributed by atoms with Crippen LogP contribution in [0.1, 0.15) is 21.5 Å². The van der Waals surface area contributed by atoms with Gasteiger partial charge in [0, 0.05) is 5.56 Å². The molecule has 0 spiro atoms. The third kappa shape index (κ3) is 3.51. The SMILES string of the molecule is COc1ccc(C)cc1COC(=O)c1ccc(F)c(N)c1. The highest BCUT2D eigenvalue weighted by atomic mass is 19.1. The molecule has 2 N–H and O–H groups in total. The van der Waals surface area contributed by atoms with Gasteiger partial charge in [-0.2, -0.15) is 0 Å². The van der Waals surface area contributed by atoms with Crippen molar-refractivity contribution in [2.24, 2.45) is 0 Å². The molecule has 0 saturated carbocycles. The van der Waals surface area contributed by atoms with Crippen LogP contribution in [0.3, 0.4) is 0 Å². The molecule has 0 aromatic heterocycles. The molecule has 0 amide bonds. The van der Waals surface area contributed by atoms with Crippen molar-refractivity contribution in [1.29, 1.82) is 0 Å². The smallest absolute Gasteiger partial charge is 0.338 e. The molecule has 110 valence electrons. The van der Waals surface area contributed by atoms with Gasteiger partial charge in [0.25, 0.3) is 0 Å². The molecule has 0 unspecified atom stereocenters. The van der Waals surface area contributed by atoms with Gasteiger partial charge in [-0.1, -0.05) is 11.6 Å².